The van der Waals surface area contributed by atoms with Gasteiger partial charge in [-0.3, -0.25) is 4.79 Å². The Kier molecular flexibility index (Phi) is 7.05. The first-order valence-corrected chi connectivity index (χ1v) is 11.0. The van der Waals surface area contributed by atoms with E-state index in [1.54, 1.807) is 6.20 Å². The van der Waals surface area contributed by atoms with Crippen LogP contribution in [0.2, 0.25) is 0 Å². The van der Waals surface area contributed by atoms with Crippen molar-refractivity contribution in [1.29, 1.82) is 0 Å². The molecular weight excluding hydrogens is 394 g/mol. The van der Waals surface area contributed by atoms with Crippen LogP contribution in [-0.4, -0.2) is 31.4 Å². The minimum absolute atomic E-state index is 0.118. The van der Waals surface area contributed by atoms with Gasteiger partial charge in [0.1, 0.15) is 5.75 Å². The highest BCUT2D eigenvalue weighted by Crippen LogP contribution is 2.25. The summed E-state index contributed by atoms with van der Waals surface area (Å²) >= 11 is 2.74. The van der Waals surface area contributed by atoms with Crippen molar-refractivity contribution in [1.82, 2.24) is 19.7 Å². The zero-order valence-corrected chi connectivity index (χ0v) is 17.7. The number of carbonyl (C=O) groups excluding carboxylic acids is 1. The normalized spacial score (nSPS) is 12.0. The maximum atomic E-state index is 12.1. The van der Waals surface area contributed by atoms with E-state index in [1.165, 1.54) is 28.7 Å². The number of hydrogen-bond donors (Lipinski definition) is 1. The van der Waals surface area contributed by atoms with Gasteiger partial charge in [-0.2, -0.15) is 0 Å². The molecule has 1 atom stereocenters. The number of ether oxygens (including phenoxy) is 1. The third-order valence-corrected chi connectivity index (χ3v) is 5.74. The number of nitrogens with zero attached hydrogens (tertiary/aromatic N) is 4. The second-order valence-electron chi connectivity index (χ2n) is 6.02. The fourth-order valence-electron chi connectivity index (χ4n) is 2.64. The molecule has 9 heteroatoms. The molecule has 0 saturated carbocycles. The van der Waals surface area contributed by atoms with Crippen molar-refractivity contribution in [2.24, 2.45) is 0 Å². The van der Waals surface area contributed by atoms with E-state index < -0.39 is 0 Å². The van der Waals surface area contributed by atoms with Crippen LogP contribution in [0, 0.1) is 0 Å². The topological polar surface area (TPSA) is 81.9 Å². The second-order valence-corrected chi connectivity index (χ2v) is 7.85. The van der Waals surface area contributed by atoms with Gasteiger partial charge in [0.15, 0.2) is 22.2 Å². The Hall–Kier alpha value is -2.39. The fraction of sp³-hybridized carbons (Fsp3) is 0.368. The Balaban J connectivity index is 1.62. The van der Waals surface area contributed by atoms with Crippen LogP contribution in [0.4, 0.5) is 5.13 Å². The molecule has 3 aromatic rings. The fourth-order valence-corrected chi connectivity index (χ4v) is 3.99. The van der Waals surface area contributed by atoms with Gasteiger partial charge in [0, 0.05) is 18.1 Å². The van der Waals surface area contributed by atoms with Crippen LogP contribution in [0.25, 0.3) is 0 Å². The lowest BCUT2D eigenvalue weighted by Crippen LogP contribution is -2.15. The van der Waals surface area contributed by atoms with E-state index in [2.05, 4.69) is 39.6 Å². The van der Waals surface area contributed by atoms with Gasteiger partial charge in [-0.05, 0) is 38.0 Å². The highest BCUT2D eigenvalue weighted by molar-refractivity contribution is 7.99. The van der Waals surface area contributed by atoms with Gasteiger partial charge < -0.3 is 14.6 Å². The summed E-state index contributed by atoms with van der Waals surface area (Å²) in [5, 5.41) is 14.4. The van der Waals surface area contributed by atoms with Crippen LogP contribution < -0.4 is 10.1 Å². The number of nitrogens with one attached hydrogen (secondary N) is 1. The first-order chi connectivity index (χ1) is 13.6. The number of aromatic nitrogens is 4. The Morgan fingerprint density at radius 3 is 2.71 bits per heavy atom. The summed E-state index contributed by atoms with van der Waals surface area (Å²) in [6.45, 7) is 6.79. The van der Waals surface area contributed by atoms with Crippen LogP contribution in [0.1, 0.15) is 38.3 Å². The highest BCUT2D eigenvalue weighted by Gasteiger charge is 2.19. The van der Waals surface area contributed by atoms with Crippen molar-refractivity contribution in [3.8, 4) is 5.75 Å². The Bertz CT molecular complexity index is 894. The summed E-state index contributed by atoms with van der Waals surface area (Å²) in [4.78, 5) is 16.1. The molecule has 0 radical (unpaired) electrons. The van der Waals surface area contributed by atoms with Crippen molar-refractivity contribution >= 4 is 34.1 Å². The summed E-state index contributed by atoms with van der Waals surface area (Å²) in [5.74, 6) is 1.66. The number of rotatable bonds is 9. The van der Waals surface area contributed by atoms with Crippen LogP contribution in [0.3, 0.4) is 0 Å². The minimum atomic E-state index is -0.251. The number of hydrogen-bond acceptors (Lipinski definition) is 7. The Morgan fingerprint density at radius 1 is 1.29 bits per heavy atom. The Morgan fingerprint density at radius 2 is 2.07 bits per heavy atom. The molecule has 0 spiro atoms. The summed E-state index contributed by atoms with van der Waals surface area (Å²) < 4.78 is 8.01. The monoisotopic (exact) mass is 417 g/mol. The smallest absolute Gasteiger partial charge is 0.236 e. The lowest BCUT2D eigenvalue weighted by molar-refractivity contribution is -0.113. The van der Waals surface area contributed by atoms with Gasteiger partial charge in [-0.25, -0.2) is 4.98 Å². The molecule has 148 valence electrons. The summed E-state index contributed by atoms with van der Waals surface area (Å²) in [6, 6.07) is 8.07. The van der Waals surface area contributed by atoms with Crippen LogP contribution in [0.5, 0.6) is 5.75 Å². The number of carbonyl (C=O) groups is 1. The number of thiazole rings is 1. The van der Waals surface area contributed by atoms with Crippen molar-refractivity contribution in [3.63, 3.8) is 0 Å². The molecule has 2 heterocycles. The average molecular weight is 418 g/mol. The largest absolute Gasteiger partial charge is 0.483 e. The van der Waals surface area contributed by atoms with Crippen molar-refractivity contribution in [2.45, 2.75) is 45.0 Å². The van der Waals surface area contributed by atoms with Gasteiger partial charge >= 0.3 is 0 Å². The first-order valence-electron chi connectivity index (χ1n) is 9.11. The predicted molar refractivity (Wildman–Crippen MR) is 112 cm³/mol. The van der Waals surface area contributed by atoms with Crippen LogP contribution >= 0.6 is 23.1 Å². The second kappa shape index (κ2) is 9.70. The van der Waals surface area contributed by atoms with Gasteiger partial charge in [0.2, 0.25) is 5.91 Å². The third kappa shape index (κ3) is 5.11. The molecular formula is C19H23N5O2S2. The van der Waals surface area contributed by atoms with Crippen molar-refractivity contribution in [3.05, 3.63) is 47.2 Å². The molecule has 0 bridgehead atoms. The van der Waals surface area contributed by atoms with E-state index >= 15 is 0 Å². The quantitative estimate of drug-likeness (QED) is 0.526. The molecule has 0 aliphatic carbocycles. The lowest BCUT2D eigenvalue weighted by Gasteiger charge is -2.15. The molecule has 0 aliphatic heterocycles. The van der Waals surface area contributed by atoms with E-state index in [0.717, 1.165) is 18.0 Å². The summed E-state index contributed by atoms with van der Waals surface area (Å²) in [6.07, 6.45) is 2.40. The van der Waals surface area contributed by atoms with E-state index in [9.17, 15) is 4.79 Å². The van der Waals surface area contributed by atoms with Crippen LogP contribution in [-0.2, 0) is 17.8 Å². The molecule has 0 unspecified atom stereocenters. The lowest BCUT2D eigenvalue weighted by atomic mass is 10.2. The zero-order chi connectivity index (χ0) is 19.9. The molecule has 0 fully saturated rings. The summed E-state index contributed by atoms with van der Waals surface area (Å²) in [5.41, 5.74) is 1.27. The number of aryl methyl sites for hydroxylation is 1. The highest BCUT2D eigenvalue weighted by atomic mass is 32.2. The minimum Gasteiger partial charge on any atom is -0.483 e. The molecule has 2 aromatic heterocycles. The van der Waals surface area contributed by atoms with Crippen molar-refractivity contribution < 1.29 is 9.53 Å². The molecule has 1 N–H and O–H groups in total. The van der Waals surface area contributed by atoms with E-state index in [4.69, 9.17) is 4.74 Å². The molecule has 0 saturated heterocycles. The van der Waals surface area contributed by atoms with E-state index in [-0.39, 0.29) is 17.8 Å². The average Bonchev–Trinajstić information content (AvgIpc) is 3.36. The number of thioether (sulfide) groups is 1. The number of amides is 1. The molecule has 1 aromatic carbocycles. The number of benzene rings is 1. The van der Waals surface area contributed by atoms with Crippen molar-refractivity contribution in [2.75, 3.05) is 11.1 Å². The Labute approximate surface area is 172 Å². The molecule has 0 aliphatic rings. The van der Waals surface area contributed by atoms with Gasteiger partial charge in [0.25, 0.3) is 0 Å². The van der Waals surface area contributed by atoms with E-state index in [1.807, 2.05) is 35.9 Å². The number of anilines is 1. The maximum Gasteiger partial charge on any atom is 0.236 e. The zero-order valence-electron chi connectivity index (χ0n) is 16.1. The van der Waals surface area contributed by atoms with Crippen LogP contribution in [0.15, 0.2) is 41.0 Å². The standard InChI is InChI=1S/C19H23N5O2S2/c1-4-14-6-8-15(9-7-14)26-13(3)17-22-23-19(24(17)5-2)28-12-16(25)21-18-20-10-11-27-18/h6-11,13H,4-5,12H2,1-3H3,(H,20,21,25)/t13-/m0/s1. The van der Waals surface area contributed by atoms with Gasteiger partial charge in [0.05, 0.1) is 5.75 Å². The summed E-state index contributed by atoms with van der Waals surface area (Å²) in [7, 11) is 0. The predicted octanol–water partition coefficient (Wildman–Crippen LogP) is 4.19. The maximum absolute atomic E-state index is 12.1. The molecule has 28 heavy (non-hydrogen) atoms. The van der Waals surface area contributed by atoms with E-state index in [0.29, 0.717) is 16.8 Å². The van der Waals surface area contributed by atoms with Gasteiger partial charge in [-0.1, -0.05) is 30.8 Å². The first kappa shape index (κ1) is 20.3. The molecule has 3 rings (SSSR count). The molecule has 7 nitrogen and oxygen atoms in total. The third-order valence-electron chi connectivity index (χ3n) is 4.08. The molecule has 1 amide bonds. The van der Waals surface area contributed by atoms with Gasteiger partial charge in [-0.15, -0.1) is 21.5 Å². The SMILES string of the molecule is CCc1ccc(O[C@@H](C)c2nnc(SCC(=O)Nc3nccs3)n2CC)cc1.